The zero-order chi connectivity index (χ0) is 31.2. The summed E-state index contributed by atoms with van der Waals surface area (Å²) in [5.74, 6) is 0.157. The molecule has 6 aromatic rings. The molecule has 7 nitrogen and oxygen atoms in total. The third kappa shape index (κ3) is 6.64. The van der Waals surface area contributed by atoms with E-state index in [9.17, 15) is 9.59 Å². The van der Waals surface area contributed by atoms with Gasteiger partial charge in [-0.15, -0.1) is 0 Å². The molecule has 44 heavy (non-hydrogen) atoms. The van der Waals surface area contributed by atoms with Crippen molar-refractivity contribution in [2.24, 2.45) is 0 Å². The summed E-state index contributed by atoms with van der Waals surface area (Å²) in [5.41, 5.74) is 3.61. The summed E-state index contributed by atoms with van der Waals surface area (Å²) in [6.45, 7) is 3.75. The minimum absolute atomic E-state index is 0.210. The van der Waals surface area contributed by atoms with E-state index in [1.165, 1.54) is 7.11 Å². The minimum atomic E-state index is -0.575. The molecule has 0 saturated heterocycles. The summed E-state index contributed by atoms with van der Waals surface area (Å²) in [4.78, 5) is 33.4. The molecular weight excluding hydrogens is 599 g/mol. The number of ether oxygens (including phenoxy) is 3. The second-order valence-corrected chi connectivity index (χ2v) is 10.5. The molecule has 0 radical (unpaired) electrons. The van der Waals surface area contributed by atoms with Crippen molar-refractivity contribution >= 4 is 56.9 Å². The highest BCUT2D eigenvalue weighted by Crippen LogP contribution is 2.32. The van der Waals surface area contributed by atoms with Crippen LogP contribution < -0.4 is 14.2 Å². The predicted molar refractivity (Wildman–Crippen MR) is 172 cm³/mol. The predicted octanol–water partition coefficient (Wildman–Crippen LogP) is 8.84. The van der Waals surface area contributed by atoms with E-state index in [-0.39, 0.29) is 10.6 Å². The van der Waals surface area contributed by atoms with E-state index < -0.39 is 11.9 Å². The van der Waals surface area contributed by atoms with E-state index >= 15 is 0 Å². The summed E-state index contributed by atoms with van der Waals surface area (Å²) in [5, 5.41) is 2.47. The molecule has 0 saturated carbocycles. The maximum atomic E-state index is 12.6. The smallest absolute Gasteiger partial charge is 0.348 e. The lowest BCUT2D eigenvalue weighted by Gasteiger charge is -2.13. The van der Waals surface area contributed by atoms with Crippen molar-refractivity contribution in [1.82, 2.24) is 9.97 Å². The van der Waals surface area contributed by atoms with Gasteiger partial charge < -0.3 is 14.2 Å². The summed E-state index contributed by atoms with van der Waals surface area (Å²) < 4.78 is 16.3. The first-order valence-corrected chi connectivity index (χ1v) is 14.2. The van der Waals surface area contributed by atoms with Gasteiger partial charge >= 0.3 is 11.9 Å². The highest BCUT2D eigenvalue weighted by atomic mass is 35.5. The number of fused-ring (bicyclic) bond motifs is 2. The van der Waals surface area contributed by atoms with Crippen LogP contribution in [-0.4, -0.2) is 29.0 Å². The topological polar surface area (TPSA) is 87.6 Å². The number of hydrogen-bond acceptors (Lipinski definition) is 7. The third-order valence-electron chi connectivity index (χ3n) is 6.65. The van der Waals surface area contributed by atoms with Gasteiger partial charge in [0.2, 0.25) is 0 Å². The number of carbonyl (C=O) groups is 2. The number of aromatic nitrogens is 2. The van der Waals surface area contributed by atoms with Crippen molar-refractivity contribution in [1.29, 1.82) is 0 Å². The number of para-hydroxylation sites is 2. The van der Waals surface area contributed by atoms with E-state index in [2.05, 4.69) is 9.97 Å². The lowest BCUT2D eigenvalue weighted by molar-refractivity contribution is 0.0725. The largest absolute Gasteiger partial charge is 0.496 e. The molecule has 0 aliphatic heterocycles. The van der Waals surface area contributed by atoms with Crippen molar-refractivity contribution in [2.75, 3.05) is 7.11 Å². The van der Waals surface area contributed by atoms with Gasteiger partial charge in [-0.05, 0) is 67.4 Å². The maximum Gasteiger partial charge on any atom is 0.348 e. The van der Waals surface area contributed by atoms with Crippen molar-refractivity contribution < 1.29 is 23.8 Å². The van der Waals surface area contributed by atoms with Crippen molar-refractivity contribution in [3.05, 3.63) is 136 Å². The van der Waals surface area contributed by atoms with Gasteiger partial charge in [0.05, 0.1) is 22.7 Å². The Balaban J connectivity index is 0.000000175. The van der Waals surface area contributed by atoms with Gasteiger partial charge in [0.25, 0.3) is 0 Å². The Kier molecular flexibility index (Phi) is 9.38. The number of aryl methyl sites for hydroxylation is 2. The molecular formula is C35H26Cl2N2O5. The molecule has 220 valence electrons. The van der Waals surface area contributed by atoms with Crippen LogP contribution in [0, 0.1) is 13.8 Å². The number of pyridine rings is 2. The summed E-state index contributed by atoms with van der Waals surface area (Å²) in [6.07, 6.45) is 3.32. The fourth-order valence-corrected chi connectivity index (χ4v) is 5.06. The van der Waals surface area contributed by atoms with Gasteiger partial charge in [-0.3, -0.25) is 9.97 Å². The molecule has 0 atom stereocenters. The maximum absolute atomic E-state index is 12.6. The first-order chi connectivity index (χ1) is 21.3. The normalized spacial score (nSPS) is 10.6. The molecule has 0 bridgehead atoms. The van der Waals surface area contributed by atoms with Crippen molar-refractivity contribution in [3.8, 4) is 17.2 Å². The van der Waals surface area contributed by atoms with E-state index in [4.69, 9.17) is 37.4 Å². The Hall–Kier alpha value is -4.98. The van der Waals surface area contributed by atoms with Crippen LogP contribution in [0.25, 0.3) is 21.8 Å². The second kappa shape index (κ2) is 13.5. The number of rotatable bonds is 5. The van der Waals surface area contributed by atoms with Gasteiger partial charge in [-0.25, -0.2) is 9.59 Å². The van der Waals surface area contributed by atoms with Gasteiger partial charge in [0, 0.05) is 23.2 Å². The van der Waals surface area contributed by atoms with Crippen LogP contribution in [0.2, 0.25) is 10.0 Å². The molecule has 4 aromatic carbocycles. The number of halogens is 2. The van der Waals surface area contributed by atoms with Crippen LogP contribution >= 0.6 is 23.2 Å². The van der Waals surface area contributed by atoms with Gasteiger partial charge in [0.1, 0.15) is 22.3 Å². The molecule has 2 heterocycles. The summed E-state index contributed by atoms with van der Waals surface area (Å²) >= 11 is 12.3. The van der Waals surface area contributed by atoms with E-state index in [1.54, 1.807) is 48.8 Å². The van der Waals surface area contributed by atoms with Crippen molar-refractivity contribution in [2.45, 2.75) is 13.8 Å². The number of benzene rings is 4. The number of nitrogens with zero attached hydrogens (tertiary/aromatic N) is 2. The van der Waals surface area contributed by atoms with Gasteiger partial charge in [-0.1, -0.05) is 71.7 Å². The number of carbonyl (C=O) groups excluding carboxylic acids is 2. The zero-order valence-corrected chi connectivity index (χ0v) is 25.5. The molecule has 0 aliphatic rings. The molecule has 0 unspecified atom stereocenters. The fourth-order valence-electron chi connectivity index (χ4n) is 4.52. The summed E-state index contributed by atoms with van der Waals surface area (Å²) in [6, 6.07) is 27.0. The molecule has 0 fully saturated rings. The molecule has 0 spiro atoms. The van der Waals surface area contributed by atoms with Crippen LogP contribution in [0.4, 0.5) is 0 Å². The third-order valence-corrected chi connectivity index (χ3v) is 7.28. The van der Waals surface area contributed by atoms with Crippen LogP contribution in [0.5, 0.6) is 17.2 Å². The van der Waals surface area contributed by atoms with Crippen LogP contribution in [0.15, 0.2) is 103 Å². The van der Waals surface area contributed by atoms with Crippen LogP contribution in [0.3, 0.4) is 0 Å². The lowest BCUT2D eigenvalue weighted by Crippen LogP contribution is -2.12. The molecule has 9 heteroatoms. The Labute approximate surface area is 264 Å². The Morgan fingerprint density at radius 3 is 1.80 bits per heavy atom. The van der Waals surface area contributed by atoms with Crippen LogP contribution in [-0.2, 0) is 0 Å². The molecule has 0 amide bonds. The highest BCUT2D eigenvalue weighted by molar-refractivity contribution is 6.34. The quantitative estimate of drug-likeness (QED) is 0.140. The first kappa shape index (κ1) is 30.5. The first-order valence-electron chi connectivity index (χ1n) is 13.5. The summed E-state index contributed by atoms with van der Waals surface area (Å²) in [7, 11) is 1.49. The van der Waals surface area contributed by atoms with Gasteiger partial charge in [0.15, 0.2) is 11.5 Å². The van der Waals surface area contributed by atoms with Crippen LogP contribution in [0.1, 0.15) is 31.8 Å². The zero-order valence-electron chi connectivity index (χ0n) is 24.0. The number of esters is 2. The Bertz CT molecular complexity index is 2000. The SMILES string of the molecule is COc1c(C)ccc(Cl)c1C(=O)Oc1cccc2cccnc12.Cc1ccc(C(=O)Oc2cccc3cccnc23)c(Cl)c1. The number of hydrogen-bond donors (Lipinski definition) is 0. The number of methoxy groups -OCH3 is 1. The average molecular weight is 626 g/mol. The monoisotopic (exact) mass is 624 g/mol. The molecule has 0 aliphatic carbocycles. The fraction of sp³-hybridized carbons (Fsp3) is 0.0857. The Morgan fingerprint density at radius 1 is 0.659 bits per heavy atom. The highest BCUT2D eigenvalue weighted by Gasteiger charge is 2.21. The van der Waals surface area contributed by atoms with Gasteiger partial charge in [-0.2, -0.15) is 0 Å². The second-order valence-electron chi connectivity index (χ2n) is 9.70. The van der Waals surface area contributed by atoms with E-state index in [0.29, 0.717) is 38.9 Å². The molecule has 2 aromatic heterocycles. The lowest BCUT2D eigenvalue weighted by atomic mass is 10.1. The molecule has 6 rings (SSSR count). The standard InChI is InChI=1S/C18H14ClNO3.C17H12ClNO2/c1-11-8-9-13(19)15(17(11)22-2)18(21)23-14-7-3-5-12-6-4-10-20-16(12)14;1-11-7-8-13(14(18)10-11)17(20)21-15-6-2-4-12-5-3-9-19-16(12)15/h3-10H,1-2H3;2-10H,1H3. The minimum Gasteiger partial charge on any atom is -0.496 e. The van der Waals surface area contributed by atoms with E-state index in [0.717, 1.165) is 21.9 Å². The van der Waals surface area contributed by atoms with Crippen molar-refractivity contribution in [3.63, 3.8) is 0 Å². The average Bonchev–Trinajstić information content (AvgIpc) is 3.02. The van der Waals surface area contributed by atoms with E-state index in [1.807, 2.05) is 68.4 Å². The Morgan fingerprint density at radius 2 is 1.23 bits per heavy atom. The molecule has 0 N–H and O–H groups in total.